The molecule has 2 nitrogen and oxygen atoms in total. The highest BCUT2D eigenvalue weighted by Crippen LogP contribution is 2.53. The Labute approximate surface area is 86.3 Å². The maximum atomic E-state index is 5.80. The van der Waals surface area contributed by atoms with Crippen LogP contribution < -0.4 is 5.32 Å². The Kier molecular flexibility index (Phi) is 1.77. The highest BCUT2D eigenvalue weighted by molar-refractivity contribution is 7.19. The third kappa shape index (κ3) is 1.34. The van der Waals surface area contributed by atoms with E-state index in [-0.39, 0.29) is 0 Å². The van der Waals surface area contributed by atoms with Crippen molar-refractivity contribution in [3.8, 4) is 0 Å². The van der Waals surface area contributed by atoms with E-state index in [4.69, 9.17) is 11.6 Å². The standard InChI is InChI=1S/C9H11ClN2S/c10-7-4-11-9(13-7)12-8-5-2-1-3-6(5)8/h4-6,8H,1-3H2,(H,11,12). The fraction of sp³-hybridized carbons (Fsp3) is 0.667. The summed E-state index contributed by atoms with van der Waals surface area (Å²) in [4.78, 5) is 4.20. The topological polar surface area (TPSA) is 24.9 Å². The number of nitrogens with zero attached hydrogens (tertiary/aromatic N) is 1. The van der Waals surface area contributed by atoms with Crippen LogP contribution in [0.4, 0.5) is 5.13 Å². The molecule has 0 radical (unpaired) electrons. The molecule has 3 rings (SSSR count). The van der Waals surface area contributed by atoms with Crippen LogP contribution in [0.5, 0.6) is 0 Å². The first kappa shape index (κ1) is 8.06. The molecule has 2 aliphatic carbocycles. The third-order valence-electron chi connectivity index (χ3n) is 3.17. The number of halogens is 1. The maximum absolute atomic E-state index is 5.80. The second kappa shape index (κ2) is 2.85. The van der Waals surface area contributed by atoms with Crippen molar-refractivity contribution in [2.24, 2.45) is 11.8 Å². The molecule has 2 aliphatic rings. The Morgan fingerprint density at radius 1 is 1.46 bits per heavy atom. The van der Waals surface area contributed by atoms with E-state index in [9.17, 15) is 0 Å². The van der Waals surface area contributed by atoms with E-state index in [1.165, 1.54) is 30.6 Å². The summed E-state index contributed by atoms with van der Waals surface area (Å²) in [6, 6.07) is 0.705. The smallest absolute Gasteiger partial charge is 0.184 e. The first-order chi connectivity index (χ1) is 6.34. The normalized spacial score (nSPS) is 35.9. The summed E-state index contributed by atoms with van der Waals surface area (Å²) in [5.41, 5.74) is 0. The summed E-state index contributed by atoms with van der Waals surface area (Å²) in [7, 11) is 0. The fourth-order valence-electron chi connectivity index (χ4n) is 2.50. The summed E-state index contributed by atoms with van der Waals surface area (Å²) in [5, 5.41) is 4.45. The van der Waals surface area contributed by atoms with Crippen LogP contribution in [-0.4, -0.2) is 11.0 Å². The minimum absolute atomic E-state index is 0.705. The molecule has 0 amide bonds. The van der Waals surface area contributed by atoms with Crippen molar-refractivity contribution in [2.75, 3.05) is 5.32 Å². The van der Waals surface area contributed by atoms with Crippen LogP contribution in [0.15, 0.2) is 6.20 Å². The number of hydrogen-bond donors (Lipinski definition) is 1. The third-order valence-corrected chi connectivity index (χ3v) is 4.22. The minimum Gasteiger partial charge on any atom is -0.358 e. The predicted octanol–water partition coefficient (Wildman–Crippen LogP) is 3.01. The Morgan fingerprint density at radius 3 is 2.85 bits per heavy atom. The zero-order valence-corrected chi connectivity index (χ0v) is 8.74. The van der Waals surface area contributed by atoms with E-state index in [2.05, 4.69) is 10.3 Å². The predicted molar refractivity (Wildman–Crippen MR) is 55.4 cm³/mol. The molecular weight excluding hydrogens is 204 g/mol. The number of aromatic nitrogens is 1. The van der Waals surface area contributed by atoms with Gasteiger partial charge in [-0.2, -0.15) is 0 Å². The van der Waals surface area contributed by atoms with Gasteiger partial charge in [-0.05, 0) is 24.7 Å². The van der Waals surface area contributed by atoms with Crippen LogP contribution in [0, 0.1) is 11.8 Å². The van der Waals surface area contributed by atoms with Crippen molar-refractivity contribution < 1.29 is 0 Å². The van der Waals surface area contributed by atoms with Gasteiger partial charge in [0.25, 0.3) is 0 Å². The molecule has 0 aliphatic heterocycles. The number of hydrogen-bond acceptors (Lipinski definition) is 3. The molecular formula is C9H11ClN2S. The van der Waals surface area contributed by atoms with Gasteiger partial charge in [0.2, 0.25) is 0 Å². The van der Waals surface area contributed by atoms with E-state index in [1.807, 2.05) is 0 Å². The highest BCUT2D eigenvalue weighted by Gasteiger charge is 2.52. The molecule has 2 saturated carbocycles. The Balaban J connectivity index is 1.65. The SMILES string of the molecule is Clc1cnc(NC2C3CCCC32)s1. The van der Waals surface area contributed by atoms with Crippen molar-refractivity contribution in [3.05, 3.63) is 10.5 Å². The van der Waals surface area contributed by atoms with Gasteiger partial charge in [0.1, 0.15) is 4.34 Å². The molecule has 2 fully saturated rings. The van der Waals surface area contributed by atoms with E-state index >= 15 is 0 Å². The molecule has 0 bridgehead atoms. The second-order valence-corrected chi connectivity index (χ2v) is 5.56. The lowest BCUT2D eigenvalue weighted by Crippen LogP contribution is -2.07. The largest absolute Gasteiger partial charge is 0.358 e. The van der Waals surface area contributed by atoms with Crippen molar-refractivity contribution in [3.63, 3.8) is 0 Å². The molecule has 0 saturated heterocycles. The zero-order chi connectivity index (χ0) is 8.84. The van der Waals surface area contributed by atoms with Crippen LogP contribution >= 0.6 is 22.9 Å². The summed E-state index contributed by atoms with van der Waals surface area (Å²) < 4.78 is 0.772. The molecule has 1 N–H and O–H groups in total. The first-order valence-corrected chi connectivity index (χ1v) is 5.92. The lowest BCUT2D eigenvalue weighted by Gasteiger charge is -2.03. The van der Waals surface area contributed by atoms with Gasteiger partial charge in [-0.1, -0.05) is 29.4 Å². The van der Waals surface area contributed by atoms with Crippen molar-refractivity contribution in [1.82, 2.24) is 4.98 Å². The average molecular weight is 215 g/mol. The Morgan fingerprint density at radius 2 is 2.23 bits per heavy atom. The van der Waals surface area contributed by atoms with E-state index < -0.39 is 0 Å². The van der Waals surface area contributed by atoms with Crippen molar-refractivity contribution in [1.29, 1.82) is 0 Å². The van der Waals surface area contributed by atoms with Crippen molar-refractivity contribution >= 4 is 28.1 Å². The van der Waals surface area contributed by atoms with E-state index in [0.717, 1.165) is 21.3 Å². The summed E-state index contributed by atoms with van der Waals surface area (Å²) >= 11 is 7.34. The number of anilines is 1. The molecule has 2 atom stereocenters. The fourth-order valence-corrected chi connectivity index (χ4v) is 3.36. The quantitative estimate of drug-likeness (QED) is 0.819. The van der Waals surface area contributed by atoms with E-state index in [0.29, 0.717) is 6.04 Å². The van der Waals surface area contributed by atoms with E-state index in [1.54, 1.807) is 6.20 Å². The lowest BCUT2D eigenvalue weighted by atomic mass is 10.2. The maximum Gasteiger partial charge on any atom is 0.184 e. The molecule has 4 heteroatoms. The molecule has 1 aromatic rings. The monoisotopic (exact) mass is 214 g/mol. The Bertz CT molecular complexity index is 315. The summed E-state index contributed by atoms with van der Waals surface area (Å²) in [5.74, 6) is 1.87. The number of nitrogens with one attached hydrogen (secondary N) is 1. The van der Waals surface area contributed by atoms with Gasteiger partial charge in [0.15, 0.2) is 5.13 Å². The van der Waals surface area contributed by atoms with Gasteiger partial charge in [0.05, 0.1) is 6.20 Å². The van der Waals surface area contributed by atoms with Gasteiger partial charge in [-0.25, -0.2) is 4.98 Å². The first-order valence-electron chi connectivity index (χ1n) is 4.72. The molecule has 1 heterocycles. The van der Waals surface area contributed by atoms with Gasteiger partial charge in [-0.3, -0.25) is 0 Å². The van der Waals surface area contributed by atoms with Gasteiger partial charge in [0, 0.05) is 6.04 Å². The summed E-state index contributed by atoms with van der Waals surface area (Å²) in [6.07, 6.45) is 5.95. The van der Waals surface area contributed by atoms with Crippen LogP contribution in [0.2, 0.25) is 4.34 Å². The molecule has 0 aromatic carbocycles. The molecule has 1 aromatic heterocycles. The highest BCUT2D eigenvalue weighted by atomic mass is 35.5. The van der Waals surface area contributed by atoms with Crippen molar-refractivity contribution in [2.45, 2.75) is 25.3 Å². The van der Waals surface area contributed by atoms with Crippen LogP contribution in [0.3, 0.4) is 0 Å². The van der Waals surface area contributed by atoms with Crippen LogP contribution in [-0.2, 0) is 0 Å². The minimum atomic E-state index is 0.705. The van der Waals surface area contributed by atoms with Gasteiger partial charge < -0.3 is 5.32 Å². The summed E-state index contributed by atoms with van der Waals surface area (Å²) in [6.45, 7) is 0. The van der Waals surface area contributed by atoms with Gasteiger partial charge in [-0.15, -0.1) is 0 Å². The van der Waals surface area contributed by atoms with Gasteiger partial charge >= 0.3 is 0 Å². The molecule has 70 valence electrons. The van der Waals surface area contributed by atoms with Crippen LogP contribution in [0.1, 0.15) is 19.3 Å². The lowest BCUT2D eigenvalue weighted by molar-refractivity contribution is 0.695. The molecule has 0 spiro atoms. The second-order valence-electron chi connectivity index (χ2n) is 3.90. The number of rotatable bonds is 2. The zero-order valence-electron chi connectivity index (χ0n) is 7.16. The Hall–Kier alpha value is -0.280. The molecule has 2 unspecified atom stereocenters. The number of fused-ring (bicyclic) bond motifs is 1. The average Bonchev–Trinajstić information content (AvgIpc) is 2.58. The number of thiazole rings is 1. The van der Waals surface area contributed by atoms with Crippen LogP contribution in [0.25, 0.3) is 0 Å². The molecule has 13 heavy (non-hydrogen) atoms.